The van der Waals surface area contributed by atoms with E-state index in [-0.39, 0.29) is 17.2 Å². The Morgan fingerprint density at radius 2 is 1.91 bits per heavy atom. The fourth-order valence-corrected chi connectivity index (χ4v) is 2.59. The van der Waals surface area contributed by atoms with Crippen LogP contribution in [-0.4, -0.2) is 33.8 Å². The number of piperidine rings is 1. The first-order valence-corrected chi connectivity index (χ1v) is 7.70. The van der Waals surface area contributed by atoms with Crippen LogP contribution in [0.5, 0.6) is 0 Å². The second-order valence-electron chi connectivity index (χ2n) is 5.59. The molecule has 0 radical (unpaired) electrons. The van der Waals surface area contributed by atoms with Crippen LogP contribution in [-0.2, 0) is 7.05 Å². The predicted molar refractivity (Wildman–Crippen MR) is 87.7 cm³/mol. The molecule has 0 spiro atoms. The lowest BCUT2D eigenvalue weighted by atomic mass is 10.1. The summed E-state index contributed by atoms with van der Waals surface area (Å²) in [7, 11) is 1.51. The monoisotopic (exact) mass is 313 g/mol. The number of carbonyl (C=O) groups excluding carboxylic acids is 1. The molecule has 23 heavy (non-hydrogen) atoms. The van der Waals surface area contributed by atoms with Crippen LogP contribution in [0, 0.1) is 0 Å². The minimum Gasteiger partial charge on any atom is -0.357 e. The molecule has 120 valence electrons. The van der Waals surface area contributed by atoms with Gasteiger partial charge in [0.05, 0.1) is 11.9 Å². The van der Waals surface area contributed by atoms with Gasteiger partial charge in [-0.3, -0.25) is 9.59 Å². The van der Waals surface area contributed by atoms with Crippen LogP contribution in [0.25, 0.3) is 0 Å². The smallest absolute Gasteiger partial charge is 0.276 e. The zero-order valence-electron chi connectivity index (χ0n) is 13.0. The summed E-state index contributed by atoms with van der Waals surface area (Å²) in [6.07, 6.45) is 5.30. The summed E-state index contributed by atoms with van der Waals surface area (Å²) in [6, 6.07) is 6.47. The molecule has 0 aromatic carbocycles. The van der Waals surface area contributed by atoms with Gasteiger partial charge in [-0.05, 0) is 37.5 Å². The molecule has 3 heterocycles. The van der Waals surface area contributed by atoms with Gasteiger partial charge >= 0.3 is 0 Å². The van der Waals surface area contributed by atoms with Crippen LogP contribution < -0.4 is 15.8 Å². The van der Waals surface area contributed by atoms with Crippen molar-refractivity contribution in [1.29, 1.82) is 0 Å². The van der Waals surface area contributed by atoms with Gasteiger partial charge < -0.3 is 10.2 Å². The number of carbonyl (C=O) groups is 1. The molecule has 1 saturated heterocycles. The Morgan fingerprint density at radius 3 is 2.57 bits per heavy atom. The Morgan fingerprint density at radius 1 is 1.13 bits per heavy atom. The van der Waals surface area contributed by atoms with Crippen molar-refractivity contribution in [2.24, 2.45) is 7.05 Å². The van der Waals surface area contributed by atoms with Crippen LogP contribution in [0.2, 0.25) is 0 Å². The van der Waals surface area contributed by atoms with Gasteiger partial charge in [0, 0.05) is 26.2 Å². The van der Waals surface area contributed by atoms with Crippen molar-refractivity contribution in [2.75, 3.05) is 23.3 Å². The fourth-order valence-electron chi connectivity index (χ4n) is 2.59. The van der Waals surface area contributed by atoms with E-state index in [2.05, 4.69) is 20.3 Å². The molecule has 3 rings (SSSR count). The van der Waals surface area contributed by atoms with Gasteiger partial charge in [0.1, 0.15) is 11.5 Å². The third-order valence-corrected chi connectivity index (χ3v) is 3.88. The van der Waals surface area contributed by atoms with E-state index < -0.39 is 0 Å². The highest BCUT2D eigenvalue weighted by Gasteiger charge is 2.13. The molecule has 2 aromatic heterocycles. The molecule has 2 aromatic rings. The molecule has 0 saturated carbocycles. The molecule has 0 unspecified atom stereocenters. The number of nitrogens with zero attached hydrogens (tertiary/aromatic N) is 4. The first-order chi connectivity index (χ1) is 11.1. The summed E-state index contributed by atoms with van der Waals surface area (Å²) in [5.41, 5.74) is 0.535. The highest BCUT2D eigenvalue weighted by Crippen LogP contribution is 2.19. The minimum atomic E-state index is -0.367. The van der Waals surface area contributed by atoms with Gasteiger partial charge in [0.2, 0.25) is 0 Å². The molecule has 1 fully saturated rings. The van der Waals surface area contributed by atoms with Gasteiger partial charge in [-0.1, -0.05) is 0 Å². The topological polar surface area (TPSA) is 80.1 Å². The fraction of sp³-hybridized carbons (Fsp3) is 0.375. The summed E-state index contributed by atoms with van der Waals surface area (Å²) in [5.74, 6) is 0.566. The molecule has 1 aliphatic heterocycles. The average molecular weight is 313 g/mol. The molecule has 1 N–H and O–H groups in total. The Hall–Kier alpha value is -2.70. The predicted octanol–water partition coefficient (Wildman–Crippen LogP) is 1.42. The van der Waals surface area contributed by atoms with E-state index in [1.165, 1.54) is 38.4 Å². The Bertz CT molecular complexity index is 748. The number of amides is 1. The highest BCUT2D eigenvalue weighted by atomic mass is 16.2. The van der Waals surface area contributed by atoms with Gasteiger partial charge in [-0.15, -0.1) is 0 Å². The maximum Gasteiger partial charge on any atom is 0.276 e. The Kier molecular flexibility index (Phi) is 4.36. The second kappa shape index (κ2) is 6.60. The van der Waals surface area contributed by atoms with E-state index in [0.29, 0.717) is 5.69 Å². The lowest BCUT2D eigenvalue weighted by Crippen LogP contribution is -2.30. The number of pyridine rings is 1. The molecule has 7 heteroatoms. The van der Waals surface area contributed by atoms with E-state index >= 15 is 0 Å². The van der Waals surface area contributed by atoms with Crippen molar-refractivity contribution in [3.05, 3.63) is 46.5 Å². The minimum absolute atomic E-state index is 0.187. The normalized spacial score (nSPS) is 14.6. The summed E-state index contributed by atoms with van der Waals surface area (Å²) in [6.45, 7) is 2.06. The van der Waals surface area contributed by atoms with Crippen LogP contribution in [0.1, 0.15) is 29.8 Å². The summed E-state index contributed by atoms with van der Waals surface area (Å²) >= 11 is 0. The van der Waals surface area contributed by atoms with Crippen LogP contribution in [0.4, 0.5) is 11.5 Å². The van der Waals surface area contributed by atoms with Gasteiger partial charge in [0.25, 0.3) is 11.5 Å². The quantitative estimate of drug-likeness (QED) is 0.927. The molecule has 0 atom stereocenters. The van der Waals surface area contributed by atoms with Crippen molar-refractivity contribution in [2.45, 2.75) is 19.3 Å². The first kappa shape index (κ1) is 15.2. The number of rotatable bonds is 3. The van der Waals surface area contributed by atoms with E-state index in [4.69, 9.17) is 0 Å². The van der Waals surface area contributed by atoms with Gasteiger partial charge in [-0.2, -0.15) is 5.10 Å². The molecule has 0 bridgehead atoms. The van der Waals surface area contributed by atoms with Crippen LogP contribution >= 0.6 is 0 Å². The number of aryl methyl sites for hydroxylation is 1. The van der Waals surface area contributed by atoms with Crippen molar-refractivity contribution in [3.8, 4) is 0 Å². The third-order valence-electron chi connectivity index (χ3n) is 3.88. The summed E-state index contributed by atoms with van der Waals surface area (Å²) < 4.78 is 1.13. The highest BCUT2D eigenvalue weighted by molar-refractivity contribution is 6.02. The van der Waals surface area contributed by atoms with Gasteiger partial charge in [0.15, 0.2) is 0 Å². The second-order valence-corrected chi connectivity index (χ2v) is 5.59. The van der Waals surface area contributed by atoms with Crippen LogP contribution in [0.15, 0.2) is 35.3 Å². The number of nitrogens with one attached hydrogen (secondary N) is 1. The van der Waals surface area contributed by atoms with Crippen LogP contribution in [0.3, 0.4) is 0 Å². The van der Waals surface area contributed by atoms with Gasteiger partial charge in [-0.25, -0.2) is 9.67 Å². The zero-order chi connectivity index (χ0) is 16.2. The van der Waals surface area contributed by atoms with Crippen molar-refractivity contribution < 1.29 is 4.79 Å². The van der Waals surface area contributed by atoms with E-state index in [0.717, 1.165) is 23.6 Å². The standard InChI is InChI=1S/C16H19N5O2/c1-20-15(22)8-6-13(19-20)16(23)18-12-5-7-14(17-11-12)21-9-3-2-4-10-21/h5-8,11H,2-4,9-10H2,1H3,(H,18,23). The third kappa shape index (κ3) is 3.56. The van der Waals surface area contributed by atoms with Crippen molar-refractivity contribution in [3.63, 3.8) is 0 Å². The lowest BCUT2D eigenvalue weighted by molar-refractivity contribution is 0.102. The maximum absolute atomic E-state index is 12.1. The van der Waals surface area contributed by atoms with Crippen molar-refractivity contribution in [1.82, 2.24) is 14.8 Å². The zero-order valence-corrected chi connectivity index (χ0v) is 13.0. The Labute approximate surface area is 134 Å². The lowest BCUT2D eigenvalue weighted by Gasteiger charge is -2.27. The summed E-state index contributed by atoms with van der Waals surface area (Å²) in [4.78, 5) is 30.1. The van der Waals surface area contributed by atoms with E-state index in [1.54, 1.807) is 6.20 Å². The maximum atomic E-state index is 12.1. The molecule has 1 aliphatic rings. The first-order valence-electron chi connectivity index (χ1n) is 7.70. The number of aromatic nitrogens is 3. The Balaban J connectivity index is 1.68. The largest absolute Gasteiger partial charge is 0.357 e. The average Bonchev–Trinajstić information content (AvgIpc) is 2.59. The molecular formula is C16H19N5O2. The van der Waals surface area contributed by atoms with Crippen molar-refractivity contribution >= 4 is 17.4 Å². The SMILES string of the molecule is Cn1nc(C(=O)Nc2ccc(N3CCCCC3)nc2)ccc1=O. The van der Waals surface area contributed by atoms with E-state index in [9.17, 15) is 9.59 Å². The molecule has 1 amide bonds. The molecule has 7 nitrogen and oxygen atoms in total. The number of hydrogen-bond acceptors (Lipinski definition) is 5. The van der Waals surface area contributed by atoms with E-state index in [1.807, 2.05) is 12.1 Å². The number of anilines is 2. The summed E-state index contributed by atoms with van der Waals surface area (Å²) in [5, 5.41) is 6.66. The molecular weight excluding hydrogens is 294 g/mol. The molecule has 0 aliphatic carbocycles. The number of hydrogen-bond donors (Lipinski definition) is 1.